The molecule has 12 heteroatoms. The Kier molecular flexibility index (Phi) is 9.70. The van der Waals surface area contributed by atoms with Crippen molar-refractivity contribution in [2.45, 2.75) is 47.4 Å². The van der Waals surface area contributed by atoms with Gasteiger partial charge in [-0.05, 0) is 78.1 Å². The van der Waals surface area contributed by atoms with Crippen molar-refractivity contribution in [1.82, 2.24) is 0 Å². The zero-order valence-corrected chi connectivity index (χ0v) is 28.7. The number of hydrogen-bond donors (Lipinski definition) is 0. The van der Waals surface area contributed by atoms with Crippen LogP contribution in [0.1, 0.15) is 29.5 Å². The number of allylic oxidation sites excluding steroid dienone is 2. The van der Waals surface area contributed by atoms with Crippen molar-refractivity contribution in [3.8, 4) is 0 Å². The molecule has 0 spiro atoms. The lowest BCUT2D eigenvalue weighted by molar-refractivity contribution is -0.668. The second-order valence-corrected chi connectivity index (χ2v) is 15.9. The van der Waals surface area contributed by atoms with Gasteiger partial charge in [0.15, 0.2) is 6.54 Å². The molecule has 0 radical (unpaired) electrons. The predicted octanol–water partition coefficient (Wildman–Crippen LogP) is 6.73. The Balaban J connectivity index is 1.28. The van der Waals surface area contributed by atoms with Gasteiger partial charge in [0, 0.05) is 30.0 Å². The summed E-state index contributed by atoms with van der Waals surface area (Å²) in [6, 6.07) is 28.8. The molecule has 0 bridgehead atoms. The fraction of sp³-hybridized carbons (Fsp3) is 0.171. The van der Waals surface area contributed by atoms with Crippen molar-refractivity contribution in [3.63, 3.8) is 0 Å². The summed E-state index contributed by atoms with van der Waals surface area (Å²) < 4.78 is 71.6. The summed E-state index contributed by atoms with van der Waals surface area (Å²) in [5.41, 5.74) is 5.26. The Morgan fingerprint density at radius 1 is 0.787 bits per heavy atom. The van der Waals surface area contributed by atoms with Crippen molar-refractivity contribution in [3.05, 3.63) is 130 Å². The number of rotatable bonds is 11. The molecule has 0 saturated carbocycles. The van der Waals surface area contributed by atoms with Crippen LogP contribution in [-0.4, -0.2) is 32.5 Å². The van der Waals surface area contributed by atoms with E-state index in [1.807, 2.05) is 24.3 Å². The number of thiazole rings is 1. The number of aryl methyl sites for hydroxylation is 2. The molecule has 1 aliphatic heterocycles. The number of para-hydroxylation sites is 2. The van der Waals surface area contributed by atoms with Crippen LogP contribution < -0.4 is 9.47 Å². The van der Waals surface area contributed by atoms with Gasteiger partial charge in [0.2, 0.25) is 5.52 Å². The molecule has 8 nitrogen and oxygen atoms in total. The van der Waals surface area contributed by atoms with E-state index in [9.17, 15) is 25.9 Å². The van der Waals surface area contributed by atoms with Crippen LogP contribution in [0.2, 0.25) is 0 Å². The largest absolute Gasteiger partial charge is 0.744 e. The number of aromatic nitrogens is 1. The summed E-state index contributed by atoms with van der Waals surface area (Å²) in [6.45, 7) is 3.48. The first-order valence-corrected chi connectivity index (χ1v) is 19.4. The maximum atomic E-state index is 11.4. The van der Waals surface area contributed by atoms with E-state index in [4.69, 9.17) is 0 Å². The van der Waals surface area contributed by atoms with Crippen molar-refractivity contribution in [2.75, 3.05) is 11.4 Å². The Labute approximate surface area is 283 Å². The van der Waals surface area contributed by atoms with Crippen LogP contribution >= 0.6 is 23.1 Å². The summed E-state index contributed by atoms with van der Waals surface area (Å²) in [5, 5.41) is 2.19. The van der Waals surface area contributed by atoms with E-state index in [1.165, 1.54) is 24.3 Å². The number of benzene rings is 4. The topological polar surface area (TPSA) is 122 Å². The van der Waals surface area contributed by atoms with Gasteiger partial charge < -0.3 is 14.0 Å². The Bertz CT molecular complexity index is 2210. The molecule has 6 rings (SSSR count). The predicted molar refractivity (Wildman–Crippen MR) is 184 cm³/mol. The normalized spacial score (nSPS) is 14.7. The monoisotopic (exact) mass is 703 g/mol. The van der Waals surface area contributed by atoms with Crippen LogP contribution in [0.25, 0.3) is 16.3 Å². The zero-order chi connectivity index (χ0) is 33.2. The van der Waals surface area contributed by atoms with E-state index in [-0.39, 0.29) is 9.79 Å². The first-order valence-electron chi connectivity index (χ1n) is 15.0. The first kappa shape index (κ1) is 33.1. The molecule has 0 unspecified atom stereocenters. The third kappa shape index (κ3) is 7.69. The van der Waals surface area contributed by atoms with Crippen LogP contribution in [0.15, 0.2) is 128 Å². The van der Waals surface area contributed by atoms with Gasteiger partial charge in [0.1, 0.15) is 24.9 Å². The van der Waals surface area contributed by atoms with Crippen molar-refractivity contribution in [1.29, 1.82) is 0 Å². The summed E-state index contributed by atoms with van der Waals surface area (Å²) in [6.07, 6.45) is 6.59. The summed E-state index contributed by atoms with van der Waals surface area (Å²) in [5.74, 6) is 0. The van der Waals surface area contributed by atoms with Gasteiger partial charge in [0.05, 0.1) is 20.5 Å². The van der Waals surface area contributed by atoms with Crippen molar-refractivity contribution in [2.24, 2.45) is 0 Å². The molecule has 0 atom stereocenters. The standard InChI is InChI=1S/C35H32N2O6S4/c1-2-25(23-34-36(30-7-3-5-9-32(30)44-34)21-19-26-11-15-28(16-12-26)46(38,39)40)24-35-37(31-8-4-6-10-33(31)45-35)22-20-27-13-17-29(18-14-27)47(41,42)43/h3-18,23-24H,2,19-22H2,1H3,(H-,38,39,40,41,42,43)/p-1. The lowest BCUT2D eigenvalue weighted by atomic mass is 10.1. The highest BCUT2D eigenvalue weighted by atomic mass is 32.2. The van der Waals surface area contributed by atoms with Crippen LogP contribution in [0.4, 0.5) is 5.69 Å². The molecule has 47 heavy (non-hydrogen) atoms. The first-order chi connectivity index (χ1) is 22.5. The highest BCUT2D eigenvalue weighted by Crippen LogP contribution is 2.46. The van der Waals surface area contributed by atoms with E-state index >= 15 is 0 Å². The highest BCUT2D eigenvalue weighted by molar-refractivity contribution is 8.03. The van der Waals surface area contributed by atoms with E-state index < -0.39 is 20.2 Å². The molecule has 4 aromatic carbocycles. The zero-order valence-electron chi connectivity index (χ0n) is 25.4. The van der Waals surface area contributed by atoms with Crippen molar-refractivity contribution >= 4 is 65.3 Å². The average molecular weight is 704 g/mol. The SMILES string of the molecule is CCC(=Cc1sc2ccccc2[n+]1CCc1ccc(S(=O)(=O)[O-])cc1)C=C1Sc2ccccc2N1CCc1ccc(S(=O)(=O)[O-])cc1. The van der Waals surface area contributed by atoms with Gasteiger partial charge in [-0.15, -0.1) is 0 Å². The molecule has 5 aromatic rings. The molecule has 1 aliphatic rings. The molecule has 242 valence electrons. The Morgan fingerprint density at radius 2 is 1.38 bits per heavy atom. The second kappa shape index (κ2) is 13.8. The van der Waals surface area contributed by atoms with Crippen molar-refractivity contribution < 1.29 is 30.5 Å². The number of thioether (sulfide) groups is 1. The fourth-order valence-corrected chi connectivity index (χ4v) is 8.74. The van der Waals surface area contributed by atoms with Gasteiger partial charge in [-0.3, -0.25) is 0 Å². The minimum Gasteiger partial charge on any atom is -0.744 e. The van der Waals surface area contributed by atoms with Crippen LogP contribution in [-0.2, 0) is 39.6 Å². The lowest BCUT2D eigenvalue weighted by Crippen LogP contribution is -2.36. The van der Waals surface area contributed by atoms with Gasteiger partial charge in [0.25, 0.3) is 5.01 Å². The van der Waals surface area contributed by atoms with Gasteiger partial charge in [-0.2, -0.15) is 4.57 Å². The molecule has 2 heterocycles. The molecule has 0 fully saturated rings. The fourth-order valence-electron chi connectivity index (χ4n) is 5.47. The second-order valence-electron chi connectivity index (χ2n) is 11.0. The molecule has 1 aromatic heterocycles. The molecule has 0 N–H and O–H groups in total. The third-order valence-corrected chi connectivity index (χ3v) is 11.9. The lowest BCUT2D eigenvalue weighted by Gasteiger charge is -2.21. The van der Waals surface area contributed by atoms with Crippen LogP contribution in [0.5, 0.6) is 0 Å². The number of anilines is 1. The minimum atomic E-state index is -4.49. The van der Waals surface area contributed by atoms with Gasteiger partial charge in [-0.1, -0.05) is 78.6 Å². The van der Waals surface area contributed by atoms with Gasteiger partial charge >= 0.3 is 0 Å². The molecular weight excluding hydrogens is 673 g/mol. The van der Waals surface area contributed by atoms with E-state index in [0.29, 0.717) is 25.9 Å². The van der Waals surface area contributed by atoms with Crippen LogP contribution in [0.3, 0.4) is 0 Å². The third-order valence-electron chi connectivity index (χ3n) is 7.97. The summed E-state index contributed by atoms with van der Waals surface area (Å²) in [7, 11) is -8.98. The Morgan fingerprint density at radius 3 is 2.02 bits per heavy atom. The minimum absolute atomic E-state index is 0.229. The summed E-state index contributed by atoms with van der Waals surface area (Å²) >= 11 is 3.43. The molecule has 0 saturated heterocycles. The van der Waals surface area contributed by atoms with E-state index in [0.717, 1.165) is 54.0 Å². The average Bonchev–Trinajstić information content (AvgIpc) is 3.58. The highest BCUT2D eigenvalue weighted by Gasteiger charge is 2.25. The summed E-state index contributed by atoms with van der Waals surface area (Å²) in [4.78, 5) is 2.99. The van der Waals surface area contributed by atoms with Crippen LogP contribution in [0, 0.1) is 0 Å². The maximum Gasteiger partial charge on any atom is 0.263 e. The molecule has 0 amide bonds. The quantitative estimate of drug-likeness (QED) is 0.110. The van der Waals surface area contributed by atoms with E-state index in [2.05, 4.69) is 52.8 Å². The molecular formula is C35H31N2O6S4-. The smallest absolute Gasteiger partial charge is 0.263 e. The number of hydrogen-bond acceptors (Lipinski definition) is 9. The maximum absolute atomic E-state index is 11.4. The number of fused-ring (bicyclic) bond motifs is 2. The number of nitrogens with zero attached hydrogens (tertiary/aromatic N) is 2. The molecule has 0 aliphatic carbocycles. The van der Waals surface area contributed by atoms with Gasteiger partial charge in [-0.25, -0.2) is 16.8 Å². The Hall–Kier alpha value is -3.78. The van der Waals surface area contributed by atoms with E-state index in [1.54, 1.807) is 47.4 Å².